The van der Waals surface area contributed by atoms with E-state index in [9.17, 15) is 4.39 Å². The topological polar surface area (TPSA) is 59.5 Å². The molecule has 0 bridgehead atoms. The number of likely N-dealkylation sites (tertiary alicyclic amines) is 1. The van der Waals surface area contributed by atoms with Crippen LogP contribution in [0.15, 0.2) is 36.7 Å². The molecule has 4 rings (SSSR count). The largest absolute Gasteiger partial charge is 0.493 e. The van der Waals surface area contributed by atoms with Crippen molar-refractivity contribution in [3.63, 3.8) is 0 Å². The Kier molecular flexibility index (Phi) is 5.97. The molecule has 2 heterocycles. The van der Waals surface area contributed by atoms with Crippen molar-refractivity contribution in [2.75, 3.05) is 38.7 Å². The zero-order valence-electron chi connectivity index (χ0n) is 16.1. The van der Waals surface area contributed by atoms with Crippen LogP contribution in [-0.2, 0) is 0 Å². The van der Waals surface area contributed by atoms with Gasteiger partial charge in [-0.15, -0.1) is 0 Å². The summed E-state index contributed by atoms with van der Waals surface area (Å²) in [5, 5.41) is 3.75. The average molecular weight is 417 g/mol. The van der Waals surface area contributed by atoms with Crippen molar-refractivity contribution in [3.8, 4) is 11.5 Å². The summed E-state index contributed by atoms with van der Waals surface area (Å²) in [5.74, 6) is 1.13. The van der Waals surface area contributed by atoms with Gasteiger partial charge in [0.15, 0.2) is 17.3 Å². The first-order valence-corrected chi connectivity index (χ1v) is 9.92. The number of hydrogen-bond donors (Lipinski definition) is 1. The number of fused-ring (bicyclic) bond motifs is 1. The van der Waals surface area contributed by atoms with Crippen molar-refractivity contribution < 1.29 is 13.9 Å². The third-order valence-corrected chi connectivity index (χ3v) is 5.28. The molecule has 0 aliphatic carbocycles. The molecule has 1 aliphatic heterocycles. The monoisotopic (exact) mass is 416 g/mol. The van der Waals surface area contributed by atoms with Crippen molar-refractivity contribution in [2.24, 2.45) is 0 Å². The Morgan fingerprint density at radius 1 is 1.17 bits per heavy atom. The lowest BCUT2D eigenvalue weighted by atomic mass is 10.2. The fraction of sp³-hybridized carbons (Fsp3) is 0.333. The summed E-state index contributed by atoms with van der Waals surface area (Å²) in [5.41, 5.74) is 0.901. The Labute approximate surface area is 173 Å². The Bertz CT molecular complexity index is 1010. The summed E-state index contributed by atoms with van der Waals surface area (Å²) >= 11 is 5.89. The lowest BCUT2D eigenvalue weighted by molar-refractivity contribution is 0.230. The van der Waals surface area contributed by atoms with E-state index in [1.165, 1.54) is 25.2 Å². The molecular formula is C21H22ClFN4O2. The average Bonchev–Trinajstić information content (AvgIpc) is 3.25. The molecule has 3 aromatic rings. The van der Waals surface area contributed by atoms with Gasteiger partial charge in [-0.2, -0.15) is 0 Å². The van der Waals surface area contributed by atoms with E-state index in [4.69, 9.17) is 21.1 Å². The van der Waals surface area contributed by atoms with Crippen LogP contribution in [0.2, 0.25) is 5.02 Å². The van der Waals surface area contributed by atoms with E-state index in [2.05, 4.69) is 20.2 Å². The van der Waals surface area contributed by atoms with Crippen molar-refractivity contribution >= 4 is 34.0 Å². The first-order chi connectivity index (χ1) is 14.2. The molecule has 6 nitrogen and oxygen atoms in total. The molecule has 0 radical (unpaired) electrons. The van der Waals surface area contributed by atoms with Crippen LogP contribution in [0.25, 0.3) is 10.9 Å². The SMILES string of the molecule is COc1cc2ncnc(Nc3cccc(Cl)c3F)c2cc1OCCN1CCCC1. The molecule has 8 heteroatoms. The number of nitrogens with one attached hydrogen (secondary N) is 1. The molecule has 0 spiro atoms. The maximum Gasteiger partial charge on any atom is 0.165 e. The van der Waals surface area contributed by atoms with Gasteiger partial charge < -0.3 is 14.8 Å². The third-order valence-electron chi connectivity index (χ3n) is 4.99. The number of benzene rings is 2. The van der Waals surface area contributed by atoms with Gasteiger partial charge in [-0.1, -0.05) is 17.7 Å². The number of aromatic nitrogens is 2. The second-order valence-electron chi connectivity index (χ2n) is 6.87. The van der Waals surface area contributed by atoms with Gasteiger partial charge in [0.05, 0.1) is 23.3 Å². The lowest BCUT2D eigenvalue weighted by Gasteiger charge is -2.17. The van der Waals surface area contributed by atoms with Crippen LogP contribution in [0, 0.1) is 5.82 Å². The van der Waals surface area contributed by atoms with E-state index in [1.807, 2.05) is 6.07 Å². The molecular weight excluding hydrogens is 395 g/mol. The molecule has 0 amide bonds. The van der Waals surface area contributed by atoms with Gasteiger partial charge in [-0.05, 0) is 44.1 Å². The van der Waals surface area contributed by atoms with Crippen molar-refractivity contribution in [2.45, 2.75) is 12.8 Å². The number of hydrogen-bond acceptors (Lipinski definition) is 6. The second-order valence-corrected chi connectivity index (χ2v) is 7.27. The van der Waals surface area contributed by atoms with Gasteiger partial charge in [-0.25, -0.2) is 14.4 Å². The van der Waals surface area contributed by atoms with Crippen LogP contribution < -0.4 is 14.8 Å². The molecule has 0 atom stereocenters. The van der Waals surface area contributed by atoms with Crippen molar-refractivity contribution in [1.82, 2.24) is 14.9 Å². The van der Waals surface area contributed by atoms with E-state index >= 15 is 0 Å². The molecule has 152 valence electrons. The molecule has 1 N–H and O–H groups in total. The molecule has 0 saturated carbocycles. The smallest absolute Gasteiger partial charge is 0.165 e. The zero-order valence-corrected chi connectivity index (χ0v) is 16.9. The quantitative estimate of drug-likeness (QED) is 0.605. The first-order valence-electron chi connectivity index (χ1n) is 9.54. The summed E-state index contributed by atoms with van der Waals surface area (Å²) in [4.78, 5) is 11.0. The minimum absolute atomic E-state index is 0.0426. The maximum atomic E-state index is 14.3. The highest BCUT2D eigenvalue weighted by Crippen LogP contribution is 2.35. The summed E-state index contributed by atoms with van der Waals surface area (Å²) in [7, 11) is 1.59. The number of methoxy groups -OCH3 is 1. The standard InChI is InChI=1S/C21H22ClFN4O2/c1-28-18-12-17-14(11-19(18)29-10-9-27-7-2-3-8-27)21(25-13-24-17)26-16-6-4-5-15(22)20(16)23/h4-6,11-13H,2-3,7-10H2,1H3,(H,24,25,26). The van der Waals surface area contributed by atoms with Crippen LogP contribution in [0.5, 0.6) is 11.5 Å². The van der Waals surface area contributed by atoms with Gasteiger partial charge in [-0.3, -0.25) is 4.90 Å². The van der Waals surface area contributed by atoms with Gasteiger partial charge in [0.2, 0.25) is 0 Å². The summed E-state index contributed by atoms with van der Waals surface area (Å²) in [6, 6.07) is 8.39. The lowest BCUT2D eigenvalue weighted by Crippen LogP contribution is -2.25. The highest BCUT2D eigenvalue weighted by molar-refractivity contribution is 6.31. The normalized spacial score (nSPS) is 14.3. The van der Waals surface area contributed by atoms with E-state index in [1.54, 1.807) is 25.3 Å². The van der Waals surface area contributed by atoms with E-state index < -0.39 is 5.82 Å². The van der Waals surface area contributed by atoms with Gasteiger partial charge in [0.25, 0.3) is 0 Å². The number of ether oxygens (including phenoxy) is 2. The number of halogens is 2. The van der Waals surface area contributed by atoms with Gasteiger partial charge >= 0.3 is 0 Å². The van der Waals surface area contributed by atoms with Gasteiger partial charge in [0, 0.05) is 18.0 Å². The van der Waals surface area contributed by atoms with E-state index in [0.29, 0.717) is 34.8 Å². The molecule has 2 aromatic carbocycles. The number of nitrogens with zero attached hydrogens (tertiary/aromatic N) is 3. The summed E-state index contributed by atoms with van der Waals surface area (Å²) < 4.78 is 25.8. The first kappa shape index (κ1) is 19.7. The molecule has 1 aliphatic rings. The molecule has 1 aromatic heterocycles. The van der Waals surface area contributed by atoms with Crippen LogP contribution in [0.3, 0.4) is 0 Å². The van der Waals surface area contributed by atoms with Crippen LogP contribution >= 0.6 is 11.6 Å². The Morgan fingerprint density at radius 3 is 2.79 bits per heavy atom. The predicted molar refractivity (Wildman–Crippen MR) is 112 cm³/mol. The third kappa shape index (κ3) is 4.36. The minimum Gasteiger partial charge on any atom is -0.493 e. The minimum atomic E-state index is -0.531. The summed E-state index contributed by atoms with van der Waals surface area (Å²) in [6.07, 6.45) is 3.90. The Morgan fingerprint density at radius 2 is 2.00 bits per heavy atom. The maximum absolute atomic E-state index is 14.3. The van der Waals surface area contributed by atoms with Crippen LogP contribution in [-0.4, -0.2) is 48.2 Å². The van der Waals surface area contributed by atoms with Crippen molar-refractivity contribution in [1.29, 1.82) is 0 Å². The molecule has 1 saturated heterocycles. The summed E-state index contributed by atoms with van der Waals surface area (Å²) in [6.45, 7) is 3.66. The van der Waals surface area contributed by atoms with Crippen LogP contribution in [0.1, 0.15) is 12.8 Å². The highest BCUT2D eigenvalue weighted by atomic mass is 35.5. The van der Waals surface area contributed by atoms with Crippen LogP contribution in [0.4, 0.5) is 15.9 Å². The molecule has 1 fully saturated rings. The zero-order chi connectivity index (χ0) is 20.2. The number of anilines is 2. The van der Waals surface area contributed by atoms with Crippen molar-refractivity contribution in [3.05, 3.63) is 47.5 Å². The second kappa shape index (κ2) is 8.80. The molecule has 0 unspecified atom stereocenters. The fourth-order valence-electron chi connectivity index (χ4n) is 3.45. The number of rotatable bonds is 7. The van der Waals surface area contributed by atoms with Gasteiger partial charge in [0.1, 0.15) is 18.8 Å². The fourth-order valence-corrected chi connectivity index (χ4v) is 3.63. The highest BCUT2D eigenvalue weighted by Gasteiger charge is 2.15. The predicted octanol–water partition coefficient (Wildman–Crippen LogP) is 4.65. The Balaban J connectivity index is 1.62. The van der Waals surface area contributed by atoms with E-state index in [-0.39, 0.29) is 10.7 Å². The molecule has 29 heavy (non-hydrogen) atoms. The van der Waals surface area contributed by atoms with E-state index in [0.717, 1.165) is 19.6 Å². The Hall–Kier alpha value is -2.64.